The van der Waals surface area contributed by atoms with Crippen molar-refractivity contribution in [3.05, 3.63) is 0 Å². The van der Waals surface area contributed by atoms with Crippen LogP contribution >= 0.6 is 0 Å². The molecule has 1 amide bonds. The predicted octanol–water partition coefficient (Wildman–Crippen LogP) is 0.749. The maximum atomic E-state index is 12.0. The Hall–Kier alpha value is -1.30. The maximum Gasteiger partial charge on any atom is 0.225 e. The monoisotopic (exact) mass is 311 g/mol. The largest absolute Gasteiger partial charge is 0.355 e. The number of carbonyl (C=O) groups excluding carboxylic acids is 1. The van der Waals surface area contributed by atoms with Gasteiger partial charge in [-0.2, -0.15) is 0 Å². The first-order valence-electron chi connectivity index (χ1n) is 8.10. The van der Waals surface area contributed by atoms with Gasteiger partial charge in [-0.05, 0) is 34.4 Å². The average molecular weight is 311 g/mol. The third-order valence-electron chi connectivity index (χ3n) is 4.46. The van der Waals surface area contributed by atoms with E-state index in [0.717, 1.165) is 32.0 Å². The van der Waals surface area contributed by atoms with Gasteiger partial charge in [0.15, 0.2) is 5.96 Å². The number of hydrogen-bond donors (Lipinski definition) is 2. The fraction of sp³-hybridized carbons (Fsp3) is 0.875. The van der Waals surface area contributed by atoms with Gasteiger partial charge in [-0.3, -0.25) is 9.79 Å². The summed E-state index contributed by atoms with van der Waals surface area (Å²) < 4.78 is 0. The van der Waals surface area contributed by atoms with Crippen LogP contribution in [0.1, 0.15) is 34.1 Å². The van der Waals surface area contributed by atoms with Crippen LogP contribution in [0.5, 0.6) is 0 Å². The summed E-state index contributed by atoms with van der Waals surface area (Å²) in [6, 6.07) is 0.274. The quantitative estimate of drug-likeness (QED) is 0.581. The molecule has 0 radical (unpaired) electrons. The lowest BCUT2D eigenvalue weighted by Gasteiger charge is -2.33. The number of hydrogen-bond acceptors (Lipinski definition) is 3. The van der Waals surface area contributed by atoms with Crippen LogP contribution in [0.25, 0.3) is 0 Å². The van der Waals surface area contributed by atoms with Crippen LogP contribution in [0, 0.1) is 5.92 Å². The van der Waals surface area contributed by atoms with E-state index in [2.05, 4.69) is 48.5 Å². The van der Waals surface area contributed by atoms with Crippen LogP contribution in [-0.2, 0) is 4.79 Å². The number of nitrogens with zero attached hydrogens (tertiary/aromatic N) is 3. The van der Waals surface area contributed by atoms with Crippen LogP contribution in [0.15, 0.2) is 4.99 Å². The van der Waals surface area contributed by atoms with Crippen molar-refractivity contribution in [1.29, 1.82) is 0 Å². The molecule has 1 aliphatic heterocycles. The Morgan fingerprint density at radius 1 is 1.41 bits per heavy atom. The summed E-state index contributed by atoms with van der Waals surface area (Å²) in [6.07, 6.45) is 0.968. The van der Waals surface area contributed by atoms with E-state index in [0.29, 0.717) is 0 Å². The van der Waals surface area contributed by atoms with Crippen LogP contribution in [0.2, 0.25) is 0 Å². The lowest BCUT2D eigenvalue weighted by atomic mass is 10.0. The lowest BCUT2D eigenvalue weighted by Crippen LogP contribution is -2.52. The Morgan fingerprint density at radius 2 is 2.05 bits per heavy atom. The summed E-state index contributed by atoms with van der Waals surface area (Å²) >= 11 is 0. The zero-order valence-corrected chi connectivity index (χ0v) is 15.2. The number of likely N-dealkylation sites (N-methyl/N-ethyl adjacent to an activating group) is 1. The topological polar surface area (TPSA) is 60.0 Å². The van der Waals surface area contributed by atoms with E-state index >= 15 is 0 Å². The molecule has 128 valence electrons. The summed E-state index contributed by atoms with van der Waals surface area (Å²) in [5.74, 6) is 1.11. The molecular formula is C16H33N5O. The molecule has 1 fully saturated rings. The van der Waals surface area contributed by atoms with Crippen molar-refractivity contribution in [2.45, 2.75) is 45.7 Å². The molecule has 6 nitrogen and oxygen atoms in total. The molecule has 1 aliphatic rings. The third kappa shape index (κ3) is 5.16. The fourth-order valence-corrected chi connectivity index (χ4v) is 2.29. The van der Waals surface area contributed by atoms with E-state index in [1.54, 1.807) is 7.05 Å². The van der Waals surface area contributed by atoms with Gasteiger partial charge >= 0.3 is 0 Å². The summed E-state index contributed by atoms with van der Waals surface area (Å²) in [7, 11) is 5.93. The molecule has 0 bridgehead atoms. The van der Waals surface area contributed by atoms with E-state index in [1.807, 2.05) is 18.7 Å². The Balaban J connectivity index is 2.47. The lowest BCUT2D eigenvalue weighted by molar-refractivity contribution is -0.133. The van der Waals surface area contributed by atoms with E-state index in [1.165, 1.54) is 0 Å². The first-order valence-corrected chi connectivity index (χ1v) is 8.10. The molecule has 1 heterocycles. The zero-order valence-electron chi connectivity index (χ0n) is 15.2. The van der Waals surface area contributed by atoms with Crippen molar-refractivity contribution in [1.82, 2.24) is 20.4 Å². The Labute approximate surface area is 135 Å². The molecule has 0 spiro atoms. The predicted molar refractivity (Wildman–Crippen MR) is 92.1 cm³/mol. The van der Waals surface area contributed by atoms with E-state index in [4.69, 9.17) is 0 Å². The molecule has 0 aliphatic carbocycles. The van der Waals surface area contributed by atoms with Crippen molar-refractivity contribution in [2.75, 3.05) is 40.8 Å². The molecule has 1 rings (SSSR count). The molecule has 1 saturated heterocycles. The van der Waals surface area contributed by atoms with Gasteiger partial charge in [0.1, 0.15) is 0 Å². The van der Waals surface area contributed by atoms with Crippen LogP contribution < -0.4 is 10.6 Å². The van der Waals surface area contributed by atoms with Crippen molar-refractivity contribution in [3.63, 3.8) is 0 Å². The molecule has 2 N–H and O–H groups in total. The van der Waals surface area contributed by atoms with Gasteiger partial charge in [0, 0.05) is 44.2 Å². The molecule has 0 aromatic heterocycles. The molecule has 0 saturated carbocycles. The minimum absolute atomic E-state index is 0.0486. The van der Waals surface area contributed by atoms with E-state index in [9.17, 15) is 4.79 Å². The highest BCUT2D eigenvalue weighted by Gasteiger charge is 2.28. The van der Waals surface area contributed by atoms with E-state index in [-0.39, 0.29) is 23.4 Å². The van der Waals surface area contributed by atoms with Crippen molar-refractivity contribution < 1.29 is 4.79 Å². The van der Waals surface area contributed by atoms with Crippen molar-refractivity contribution >= 4 is 11.9 Å². The molecule has 0 aromatic rings. The molecule has 1 atom stereocenters. The number of nitrogens with one attached hydrogen (secondary N) is 2. The maximum absolute atomic E-state index is 12.0. The van der Waals surface area contributed by atoms with Crippen LogP contribution in [0.3, 0.4) is 0 Å². The Morgan fingerprint density at radius 3 is 2.55 bits per heavy atom. The standard InChI is InChI=1S/C16H33N5O/c1-12(2)14(22)21-9-8-13(10-21)19-15(17-5)18-11-16(3,4)20(6)7/h12-13H,8-11H2,1-7H3,(H2,17,18,19). The highest BCUT2D eigenvalue weighted by molar-refractivity contribution is 5.81. The highest BCUT2D eigenvalue weighted by Crippen LogP contribution is 2.13. The number of aliphatic imine (C=N–C) groups is 1. The fourth-order valence-electron chi connectivity index (χ4n) is 2.29. The summed E-state index contributed by atoms with van der Waals surface area (Å²) in [5, 5.41) is 6.81. The van der Waals surface area contributed by atoms with Crippen LogP contribution in [-0.4, -0.2) is 74.0 Å². The van der Waals surface area contributed by atoms with Gasteiger partial charge in [0.05, 0.1) is 0 Å². The minimum atomic E-state index is 0.0486. The second-order valence-electron chi connectivity index (χ2n) is 7.20. The summed E-state index contributed by atoms with van der Waals surface area (Å²) in [4.78, 5) is 20.4. The molecule has 22 heavy (non-hydrogen) atoms. The second kappa shape index (κ2) is 7.81. The van der Waals surface area contributed by atoms with Gasteiger partial charge in [0.2, 0.25) is 5.91 Å². The SMILES string of the molecule is CN=C(NCC(C)(C)N(C)C)NC1CCN(C(=O)C(C)C)C1. The van der Waals surface area contributed by atoms with Crippen molar-refractivity contribution in [3.8, 4) is 0 Å². The first-order chi connectivity index (χ1) is 10.2. The summed E-state index contributed by atoms with van der Waals surface area (Å²) in [6.45, 7) is 10.7. The van der Waals surface area contributed by atoms with E-state index < -0.39 is 0 Å². The average Bonchev–Trinajstić information content (AvgIpc) is 2.90. The first kappa shape index (κ1) is 18.7. The van der Waals surface area contributed by atoms with Crippen LogP contribution in [0.4, 0.5) is 0 Å². The smallest absolute Gasteiger partial charge is 0.225 e. The number of carbonyl (C=O) groups is 1. The highest BCUT2D eigenvalue weighted by atomic mass is 16.2. The van der Waals surface area contributed by atoms with Gasteiger partial charge in [-0.15, -0.1) is 0 Å². The van der Waals surface area contributed by atoms with Gasteiger partial charge in [0.25, 0.3) is 0 Å². The molecule has 0 aromatic carbocycles. The number of amides is 1. The Bertz CT molecular complexity index is 403. The Kier molecular flexibility index (Phi) is 6.66. The molecule has 1 unspecified atom stereocenters. The molecule has 6 heteroatoms. The normalized spacial score (nSPS) is 20.0. The second-order valence-corrected chi connectivity index (χ2v) is 7.20. The van der Waals surface area contributed by atoms with Gasteiger partial charge in [-0.1, -0.05) is 13.8 Å². The number of guanidine groups is 1. The van der Waals surface area contributed by atoms with Crippen molar-refractivity contribution in [2.24, 2.45) is 10.9 Å². The zero-order chi connectivity index (χ0) is 16.9. The number of rotatable bonds is 5. The third-order valence-corrected chi connectivity index (χ3v) is 4.46. The molecular weight excluding hydrogens is 278 g/mol. The number of likely N-dealkylation sites (tertiary alicyclic amines) is 1. The van der Waals surface area contributed by atoms with Gasteiger partial charge in [-0.25, -0.2) is 0 Å². The summed E-state index contributed by atoms with van der Waals surface area (Å²) in [5.41, 5.74) is 0.0486. The van der Waals surface area contributed by atoms with Gasteiger partial charge < -0.3 is 20.4 Å². The minimum Gasteiger partial charge on any atom is -0.355 e.